The number of rotatable bonds is 6. The lowest BCUT2D eigenvalue weighted by Gasteiger charge is -2.18. The van der Waals surface area contributed by atoms with Crippen molar-refractivity contribution in [2.45, 2.75) is 31.9 Å². The molecule has 1 atom stereocenters. The third kappa shape index (κ3) is 3.78. The summed E-state index contributed by atoms with van der Waals surface area (Å²) in [5.74, 6) is -1.03. The lowest BCUT2D eigenvalue weighted by atomic mass is 10.2. The van der Waals surface area contributed by atoms with Gasteiger partial charge in [-0.15, -0.1) is 0 Å². The topological polar surface area (TPSA) is 84.9 Å². The van der Waals surface area contributed by atoms with Gasteiger partial charge in [0, 0.05) is 6.04 Å². The first kappa shape index (κ1) is 15.4. The van der Waals surface area contributed by atoms with Gasteiger partial charge >= 0.3 is 5.97 Å². The second-order valence-corrected chi connectivity index (χ2v) is 5.24. The summed E-state index contributed by atoms with van der Waals surface area (Å²) in [4.78, 5) is 22.8. The van der Waals surface area contributed by atoms with Gasteiger partial charge in [0.1, 0.15) is 0 Å². The van der Waals surface area contributed by atoms with Crippen LogP contribution in [0, 0.1) is 0 Å². The Labute approximate surface area is 127 Å². The summed E-state index contributed by atoms with van der Waals surface area (Å²) in [5, 5.41) is 11.9. The molecule has 0 radical (unpaired) electrons. The molecule has 21 heavy (non-hydrogen) atoms. The molecular weight excluding hydrogens is 298 g/mol. The zero-order chi connectivity index (χ0) is 15.6. The van der Waals surface area contributed by atoms with E-state index in [0.717, 1.165) is 12.8 Å². The Balaban J connectivity index is 2.17. The number of carboxylic acids is 1. The normalized spacial score (nSPS) is 15.2. The van der Waals surface area contributed by atoms with Gasteiger partial charge in [-0.25, -0.2) is 4.79 Å². The van der Waals surface area contributed by atoms with Gasteiger partial charge in [0.2, 0.25) is 0 Å². The lowest BCUT2D eigenvalue weighted by Crippen LogP contribution is -2.37. The molecule has 2 N–H and O–H groups in total. The van der Waals surface area contributed by atoms with Crippen LogP contribution in [0.15, 0.2) is 12.1 Å². The van der Waals surface area contributed by atoms with E-state index in [1.165, 1.54) is 19.2 Å². The third-order valence-electron chi connectivity index (χ3n) is 3.06. The largest absolute Gasteiger partial charge is 0.493 e. The van der Waals surface area contributed by atoms with Crippen LogP contribution in [0.2, 0.25) is 5.02 Å². The predicted molar refractivity (Wildman–Crippen MR) is 76.2 cm³/mol. The van der Waals surface area contributed by atoms with E-state index in [1.807, 2.05) is 0 Å². The SMILES string of the molecule is COc1cc(C(=O)O)cc(Cl)c1OC(C)C(=O)NC1CC1. The molecule has 1 aromatic rings. The van der Waals surface area contributed by atoms with E-state index in [2.05, 4.69) is 5.32 Å². The minimum absolute atomic E-state index is 0.0146. The number of methoxy groups -OCH3 is 1. The van der Waals surface area contributed by atoms with Crippen LogP contribution in [0.4, 0.5) is 0 Å². The van der Waals surface area contributed by atoms with Gasteiger partial charge < -0.3 is 19.9 Å². The van der Waals surface area contributed by atoms with Gasteiger partial charge in [-0.3, -0.25) is 4.79 Å². The molecule has 0 saturated heterocycles. The van der Waals surface area contributed by atoms with Crippen LogP contribution in [-0.2, 0) is 4.79 Å². The van der Waals surface area contributed by atoms with Crippen LogP contribution >= 0.6 is 11.6 Å². The Kier molecular flexibility index (Phi) is 4.57. The molecule has 114 valence electrons. The van der Waals surface area contributed by atoms with Crippen LogP contribution in [0.3, 0.4) is 0 Å². The van der Waals surface area contributed by atoms with E-state index in [4.69, 9.17) is 26.2 Å². The number of ether oxygens (including phenoxy) is 2. The number of carbonyl (C=O) groups is 2. The Morgan fingerprint density at radius 1 is 1.43 bits per heavy atom. The quantitative estimate of drug-likeness (QED) is 0.840. The van der Waals surface area contributed by atoms with Crippen molar-refractivity contribution >= 4 is 23.5 Å². The molecule has 0 aromatic heterocycles. The smallest absolute Gasteiger partial charge is 0.335 e. The van der Waals surface area contributed by atoms with Crippen LogP contribution in [0.25, 0.3) is 0 Å². The maximum absolute atomic E-state index is 11.9. The molecule has 2 rings (SSSR count). The van der Waals surface area contributed by atoms with Gasteiger partial charge in [0.15, 0.2) is 17.6 Å². The summed E-state index contributed by atoms with van der Waals surface area (Å²) >= 11 is 6.02. The van der Waals surface area contributed by atoms with Gasteiger partial charge in [-0.2, -0.15) is 0 Å². The molecule has 0 bridgehead atoms. The maximum atomic E-state index is 11.9. The monoisotopic (exact) mass is 313 g/mol. The number of carbonyl (C=O) groups excluding carboxylic acids is 1. The fraction of sp³-hybridized carbons (Fsp3) is 0.429. The highest BCUT2D eigenvalue weighted by atomic mass is 35.5. The summed E-state index contributed by atoms with van der Waals surface area (Å²) < 4.78 is 10.6. The van der Waals surface area contributed by atoms with E-state index >= 15 is 0 Å². The molecule has 0 heterocycles. The minimum Gasteiger partial charge on any atom is -0.493 e. The van der Waals surface area contributed by atoms with E-state index in [1.54, 1.807) is 6.92 Å². The zero-order valence-electron chi connectivity index (χ0n) is 11.7. The summed E-state index contributed by atoms with van der Waals surface area (Å²) in [7, 11) is 1.37. The molecule has 1 unspecified atom stereocenters. The number of carboxylic acid groups (broad SMARTS) is 1. The lowest BCUT2D eigenvalue weighted by molar-refractivity contribution is -0.127. The Hall–Kier alpha value is -1.95. The number of benzene rings is 1. The summed E-state index contributed by atoms with van der Waals surface area (Å²) in [6.07, 6.45) is 1.21. The van der Waals surface area contributed by atoms with Gasteiger partial charge in [0.05, 0.1) is 17.7 Å². The maximum Gasteiger partial charge on any atom is 0.335 e. The van der Waals surface area contributed by atoms with Crippen molar-refractivity contribution in [3.63, 3.8) is 0 Å². The molecule has 1 amide bonds. The van der Waals surface area contributed by atoms with Crippen molar-refractivity contribution < 1.29 is 24.2 Å². The molecule has 6 nitrogen and oxygen atoms in total. The molecule has 1 saturated carbocycles. The second kappa shape index (κ2) is 6.22. The van der Waals surface area contributed by atoms with Crippen molar-refractivity contribution in [1.29, 1.82) is 0 Å². The highest BCUT2D eigenvalue weighted by molar-refractivity contribution is 6.32. The molecule has 7 heteroatoms. The first-order valence-electron chi connectivity index (χ1n) is 6.50. The second-order valence-electron chi connectivity index (χ2n) is 4.84. The van der Waals surface area contributed by atoms with Crippen LogP contribution < -0.4 is 14.8 Å². The van der Waals surface area contributed by atoms with Crippen LogP contribution in [0.5, 0.6) is 11.5 Å². The van der Waals surface area contributed by atoms with E-state index in [0.29, 0.717) is 0 Å². The number of hydrogen-bond donors (Lipinski definition) is 2. The van der Waals surface area contributed by atoms with Crippen molar-refractivity contribution in [1.82, 2.24) is 5.32 Å². The fourth-order valence-corrected chi connectivity index (χ4v) is 1.99. The van der Waals surface area contributed by atoms with E-state index in [-0.39, 0.29) is 34.0 Å². The Bertz CT molecular complexity index is 571. The average molecular weight is 314 g/mol. The van der Waals surface area contributed by atoms with Gasteiger partial charge in [-0.1, -0.05) is 11.6 Å². The van der Waals surface area contributed by atoms with Crippen molar-refractivity contribution in [3.8, 4) is 11.5 Å². The predicted octanol–water partition coefficient (Wildman–Crippen LogP) is 2.09. The number of hydrogen-bond acceptors (Lipinski definition) is 4. The minimum atomic E-state index is -1.12. The Morgan fingerprint density at radius 2 is 2.10 bits per heavy atom. The molecule has 1 fully saturated rings. The van der Waals surface area contributed by atoms with Crippen molar-refractivity contribution in [2.75, 3.05) is 7.11 Å². The highest BCUT2D eigenvalue weighted by Crippen LogP contribution is 2.37. The molecular formula is C14H16ClNO5. The highest BCUT2D eigenvalue weighted by Gasteiger charge is 2.27. The molecule has 0 aliphatic heterocycles. The van der Waals surface area contributed by atoms with Crippen molar-refractivity contribution in [2.24, 2.45) is 0 Å². The molecule has 1 aromatic carbocycles. The van der Waals surface area contributed by atoms with Crippen LogP contribution in [-0.4, -0.2) is 36.2 Å². The fourth-order valence-electron chi connectivity index (χ4n) is 1.73. The Morgan fingerprint density at radius 3 is 2.62 bits per heavy atom. The van der Waals surface area contributed by atoms with Gasteiger partial charge in [0.25, 0.3) is 5.91 Å². The number of halogens is 1. The molecule has 0 spiro atoms. The summed E-state index contributed by atoms with van der Waals surface area (Å²) in [5.41, 5.74) is -0.0146. The number of aromatic carboxylic acids is 1. The number of nitrogens with one attached hydrogen (secondary N) is 1. The first-order chi connectivity index (χ1) is 9.92. The number of amides is 1. The third-order valence-corrected chi connectivity index (χ3v) is 3.34. The van der Waals surface area contributed by atoms with Crippen LogP contribution in [0.1, 0.15) is 30.1 Å². The van der Waals surface area contributed by atoms with E-state index < -0.39 is 12.1 Å². The zero-order valence-corrected chi connectivity index (χ0v) is 12.4. The summed E-state index contributed by atoms with van der Waals surface area (Å²) in [6, 6.07) is 2.79. The standard InChI is InChI=1S/C14H16ClNO5/c1-7(13(17)16-9-3-4-9)21-12-10(15)5-8(14(18)19)6-11(12)20-2/h5-7,9H,3-4H2,1-2H3,(H,16,17)(H,18,19). The van der Waals surface area contributed by atoms with Gasteiger partial charge in [-0.05, 0) is 31.9 Å². The van der Waals surface area contributed by atoms with E-state index in [9.17, 15) is 9.59 Å². The van der Waals surface area contributed by atoms with Crippen molar-refractivity contribution in [3.05, 3.63) is 22.7 Å². The summed E-state index contributed by atoms with van der Waals surface area (Å²) in [6.45, 7) is 1.60. The average Bonchev–Trinajstić information content (AvgIpc) is 3.24. The molecule has 1 aliphatic carbocycles. The first-order valence-corrected chi connectivity index (χ1v) is 6.88. The molecule has 1 aliphatic rings.